The summed E-state index contributed by atoms with van der Waals surface area (Å²) >= 11 is 4.11. The van der Waals surface area contributed by atoms with Crippen molar-refractivity contribution >= 4 is 18.5 Å². The summed E-state index contributed by atoms with van der Waals surface area (Å²) in [4.78, 5) is 14.2. The fraction of sp³-hybridized carbons (Fsp3) is 0.308. The third kappa shape index (κ3) is 3.60. The van der Waals surface area contributed by atoms with Crippen molar-refractivity contribution in [2.75, 3.05) is 13.1 Å². The highest BCUT2D eigenvalue weighted by Crippen LogP contribution is 2.15. The maximum absolute atomic E-state index is 13.6. The van der Waals surface area contributed by atoms with Crippen molar-refractivity contribution in [3.63, 3.8) is 0 Å². The van der Waals surface area contributed by atoms with E-state index in [2.05, 4.69) is 19.2 Å². The lowest BCUT2D eigenvalue weighted by Gasteiger charge is -2.20. The Morgan fingerprint density at radius 2 is 2.29 bits per heavy atom. The average molecular weight is 253 g/mol. The van der Waals surface area contributed by atoms with E-state index in [1.165, 1.54) is 18.2 Å². The van der Waals surface area contributed by atoms with Crippen LogP contribution in [0.25, 0.3) is 0 Å². The highest BCUT2D eigenvalue weighted by atomic mass is 32.1. The van der Waals surface area contributed by atoms with E-state index >= 15 is 0 Å². The van der Waals surface area contributed by atoms with E-state index in [-0.39, 0.29) is 11.5 Å². The fourth-order valence-electron chi connectivity index (χ4n) is 1.55. The molecule has 0 heterocycles. The zero-order valence-corrected chi connectivity index (χ0v) is 10.7. The first-order chi connectivity index (χ1) is 8.10. The molecule has 0 radical (unpaired) electrons. The third-order valence-corrected chi connectivity index (χ3v) is 2.59. The molecule has 1 aromatic rings. The molecule has 0 saturated carbocycles. The van der Waals surface area contributed by atoms with E-state index < -0.39 is 5.82 Å². The lowest BCUT2D eigenvalue weighted by molar-refractivity contribution is 0.0769. The predicted molar refractivity (Wildman–Crippen MR) is 70.0 cm³/mol. The van der Waals surface area contributed by atoms with Crippen LogP contribution in [0.2, 0.25) is 0 Å². The van der Waals surface area contributed by atoms with Gasteiger partial charge < -0.3 is 4.90 Å². The Labute approximate surface area is 107 Å². The van der Waals surface area contributed by atoms with Gasteiger partial charge in [-0.2, -0.15) is 0 Å². The van der Waals surface area contributed by atoms with Crippen molar-refractivity contribution in [1.82, 2.24) is 4.90 Å². The summed E-state index contributed by atoms with van der Waals surface area (Å²) in [6.45, 7) is 6.57. The van der Waals surface area contributed by atoms with Gasteiger partial charge in [0.2, 0.25) is 0 Å². The van der Waals surface area contributed by atoms with E-state index in [4.69, 9.17) is 0 Å². The van der Waals surface area contributed by atoms with Gasteiger partial charge in [-0.25, -0.2) is 4.39 Å². The van der Waals surface area contributed by atoms with Gasteiger partial charge in [0, 0.05) is 18.0 Å². The topological polar surface area (TPSA) is 20.3 Å². The van der Waals surface area contributed by atoms with E-state index in [1.807, 2.05) is 6.92 Å². The Hall–Kier alpha value is -1.29. The Bertz CT molecular complexity index is 420. The van der Waals surface area contributed by atoms with Gasteiger partial charge in [-0.3, -0.25) is 4.79 Å². The molecule has 0 unspecified atom stereocenters. The van der Waals surface area contributed by atoms with Crippen molar-refractivity contribution in [2.24, 2.45) is 0 Å². The zero-order chi connectivity index (χ0) is 12.8. The second-order valence-electron chi connectivity index (χ2n) is 3.70. The van der Waals surface area contributed by atoms with Crippen molar-refractivity contribution in [3.8, 4) is 0 Å². The molecular weight excluding hydrogens is 237 g/mol. The molecule has 2 nitrogen and oxygen atoms in total. The number of hydrogen-bond acceptors (Lipinski definition) is 2. The second kappa shape index (κ2) is 6.45. The van der Waals surface area contributed by atoms with Crippen molar-refractivity contribution < 1.29 is 9.18 Å². The van der Waals surface area contributed by atoms with Crippen molar-refractivity contribution in [2.45, 2.75) is 18.2 Å². The van der Waals surface area contributed by atoms with Gasteiger partial charge in [-0.05, 0) is 24.6 Å². The summed E-state index contributed by atoms with van der Waals surface area (Å²) in [6.07, 6.45) is 2.46. The molecule has 0 aromatic heterocycles. The van der Waals surface area contributed by atoms with Crippen LogP contribution in [0.4, 0.5) is 4.39 Å². The number of nitrogens with zero attached hydrogens (tertiary/aromatic N) is 1. The molecule has 0 aliphatic carbocycles. The highest BCUT2D eigenvalue weighted by Gasteiger charge is 2.17. The minimum absolute atomic E-state index is 0.0628. The SMILES string of the molecule is C=CCN(CCC)C(=O)c1cc(S)ccc1F. The molecule has 0 spiro atoms. The molecule has 4 heteroatoms. The van der Waals surface area contributed by atoms with Crippen LogP contribution in [0.3, 0.4) is 0 Å². The number of amides is 1. The number of rotatable bonds is 5. The van der Waals surface area contributed by atoms with Crippen LogP contribution in [-0.4, -0.2) is 23.9 Å². The molecule has 0 atom stereocenters. The molecule has 0 aliphatic rings. The van der Waals surface area contributed by atoms with E-state index in [9.17, 15) is 9.18 Å². The summed E-state index contributed by atoms with van der Waals surface area (Å²) in [5, 5.41) is 0. The minimum atomic E-state index is -0.516. The Kier molecular flexibility index (Phi) is 5.22. The first-order valence-electron chi connectivity index (χ1n) is 5.48. The van der Waals surface area contributed by atoms with Crippen molar-refractivity contribution in [1.29, 1.82) is 0 Å². The van der Waals surface area contributed by atoms with E-state index in [0.29, 0.717) is 18.0 Å². The zero-order valence-electron chi connectivity index (χ0n) is 9.82. The molecule has 1 aromatic carbocycles. The molecule has 0 fully saturated rings. The number of thiol groups is 1. The van der Waals surface area contributed by atoms with Crippen LogP contribution in [0, 0.1) is 5.82 Å². The summed E-state index contributed by atoms with van der Waals surface area (Å²) in [7, 11) is 0. The molecule has 0 saturated heterocycles. The van der Waals surface area contributed by atoms with Crippen LogP contribution in [0.5, 0.6) is 0 Å². The molecular formula is C13H16FNOS. The van der Waals surface area contributed by atoms with Crippen molar-refractivity contribution in [3.05, 3.63) is 42.2 Å². The highest BCUT2D eigenvalue weighted by molar-refractivity contribution is 7.80. The van der Waals surface area contributed by atoms with Crippen LogP contribution in [0.15, 0.2) is 35.7 Å². The van der Waals surface area contributed by atoms with Crippen LogP contribution in [0.1, 0.15) is 23.7 Å². The maximum atomic E-state index is 13.6. The Morgan fingerprint density at radius 3 is 2.88 bits per heavy atom. The van der Waals surface area contributed by atoms with Gasteiger partial charge in [0.1, 0.15) is 5.82 Å². The number of carbonyl (C=O) groups is 1. The van der Waals surface area contributed by atoms with E-state index in [1.54, 1.807) is 11.0 Å². The van der Waals surface area contributed by atoms with Gasteiger partial charge in [0.25, 0.3) is 5.91 Å². The number of benzene rings is 1. The minimum Gasteiger partial charge on any atom is -0.335 e. The number of hydrogen-bond donors (Lipinski definition) is 1. The van der Waals surface area contributed by atoms with Crippen LogP contribution in [-0.2, 0) is 0 Å². The maximum Gasteiger partial charge on any atom is 0.257 e. The third-order valence-electron chi connectivity index (χ3n) is 2.31. The second-order valence-corrected chi connectivity index (χ2v) is 4.22. The first kappa shape index (κ1) is 13.8. The average Bonchev–Trinajstić information content (AvgIpc) is 2.31. The molecule has 1 rings (SSSR count). The molecule has 17 heavy (non-hydrogen) atoms. The molecule has 1 amide bonds. The first-order valence-corrected chi connectivity index (χ1v) is 5.93. The summed E-state index contributed by atoms with van der Waals surface area (Å²) < 4.78 is 13.6. The van der Waals surface area contributed by atoms with Crippen LogP contribution >= 0.6 is 12.6 Å². The van der Waals surface area contributed by atoms with Crippen LogP contribution < -0.4 is 0 Å². The Balaban J connectivity index is 2.99. The summed E-state index contributed by atoms with van der Waals surface area (Å²) in [5.74, 6) is -0.835. The normalized spacial score (nSPS) is 10.1. The quantitative estimate of drug-likeness (QED) is 0.631. The van der Waals surface area contributed by atoms with Gasteiger partial charge in [-0.15, -0.1) is 19.2 Å². The smallest absolute Gasteiger partial charge is 0.257 e. The van der Waals surface area contributed by atoms with Gasteiger partial charge in [0.15, 0.2) is 0 Å². The molecule has 0 N–H and O–H groups in total. The predicted octanol–water partition coefficient (Wildman–Crippen LogP) is 3.15. The number of halogens is 1. The molecule has 0 aliphatic heterocycles. The lowest BCUT2D eigenvalue weighted by Crippen LogP contribution is -2.32. The molecule has 92 valence electrons. The Morgan fingerprint density at radius 1 is 1.59 bits per heavy atom. The largest absolute Gasteiger partial charge is 0.335 e. The number of carbonyl (C=O) groups excluding carboxylic acids is 1. The molecule has 0 bridgehead atoms. The summed E-state index contributed by atoms with van der Waals surface area (Å²) in [5.41, 5.74) is 0.0628. The van der Waals surface area contributed by atoms with E-state index in [0.717, 1.165) is 6.42 Å². The van der Waals surface area contributed by atoms with Gasteiger partial charge in [0.05, 0.1) is 5.56 Å². The van der Waals surface area contributed by atoms with Gasteiger partial charge >= 0.3 is 0 Å². The monoisotopic (exact) mass is 253 g/mol. The lowest BCUT2D eigenvalue weighted by atomic mass is 10.1. The van der Waals surface area contributed by atoms with Gasteiger partial charge in [-0.1, -0.05) is 13.0 Å². The standard InChI is InChI=1S/C13H16FNOS/c1-3-7-15(8-4-2)13(16)11-9-10(17)5-6-12(11)14/h3,5-6,9,17H,1,4,7-8H2,2H3. The fourth-order valence-corrected chi connectivity index (χ4v) is 1.75. The summed E-state index contributed by atoms with van der Waals surface area (Å²) in [6, 6.07) is 4.23.